The van der Waals surface area contributed by atoms with Gasteiger partial charge in [-0.15, -0.1) is 0 Å². The third-order valence-electron chi connectivity index (χ3n) is 3.52. The summed E-state index contributed by atoms with van der Waals surface area (Å²) < 4.78 is 20.4. The number of nitrogens with two attached hydrogens (primary N) is 1. The van der Waals surface area contributed by atoms with Crippen molar-refractivity contribution in [2.45, 2.75) is 11.9 Å². The number of anilines is 1. The monoisotopic (exact) mass is 471 g/mol. The van der Waals surface area contributed by atoms with E-state index in [4.69, 9.17) is 10.5 Å². The average molecular weight is 473 g/mol. The number of fused-ring (bicyclic) bond motifs is 1. The lowest BCUT2D eigenvalue weighted by molar-refractivity contribution is 0.0600. The quantitative estimate of drug-likeness (QED) is 0.271. The maximum absolute atomic E-state index is 13.5. The van der Waals surface area contributed by atoms with E-state index >= 15 is 0 Å². The number of hydrogen-bond donors (Lipinski definition) is 1. The molecule has 2 heterocycles. The summed E-state index contributed by atoms with van der Waals surface area (Å²) in [5.74, 6) is -0.470. The summed E-state index contributed by atoms with van der Waals surface area (Å²) in [6, 6.07) is 5.36. The summed E-state index contributed by atoms with van der Waals surface area (Å²) in [5.41, 5.74) is 8.40. The number of alkyl halides is 1. The van der Waals surface area contributed by atoms with Gasteiger partial charge >= 0.3 is 12.0 Å². The van der Waals surface area contributed by atoms with Crippen LogP contribution in [0.5, 0.6) is 0 Å². The molecule has 0 aliphatic carbocycles. The fraction of sp³-hybridized carbons (Fsp3) is 0.200. The summed E-state index contributed by atoms with van der Waals surface area (Å²) in [6.07, 6.45) is -0.928. The van der Waals surface area contributed by atoms with E-state index in [2.05, 4.69) is 46.8 Å². The van der Waals surface area contributed by atoms with Crippen LogP contribution in [0.2, 0.25) is 0 Å². The van der Waals surface area contributed by atoms with Gasteiger partial charge in [0.05, 0.1) is 19.2 Å². The van der Waals surface area contributed by atoms with Gasteiger partial charge in [0, 0.05) is 5.33 Å². The Kier molecular flexibility index (Phi) is 5.00. The molecule has 0 spiro atoms. The van der Waals surface area contributed by atoms with Crippen molar-refractivity contribution in [1.82, 2.24) is 19.5 Å². The molecule has 0 bridgehead atoms. The fourth-order valence-electron chi connectivity index (χ4n) is 2.46. The molecule has 25 heavy (non-hydrogen) atoms. The van der Waals surface area contributed by atoms with Crippen molar-refractivity contribution in [2.24, 2.45) is 0 Å². The zero-order valence-corrected chi connectivity index (χ0v) is 16.1. The number of hydrogen-bond acceptors (Lipinski definition) is 6. The Morgan fingerprint density at radius 2 is 2.00 bits per heavy atom. The molecule has 0 amide bonds. The number of ether oxygens (including phenoxy) is 1. The number of nitrogens with zero attached hydrogens (tertiary/aromatic N) is 4. The number of rotatable bonds is 4. The summed E-state index contributed by atoms with van der Waals surface area (Å²) >= 11 is 6.71. The highest BCUT2D eigenvalue weighted by molar-refractivity contribution is 9.10. The van der Waals surface area contributed by atoms with Crippen molar-refractivity contribution in [3.05, 3.63) is 45.7 Å². The Morgan fingerprint density at radius 1 is 1.28 bits per heavy atom. The van der Waals surface area contributed by atoms with Gasteiger partial charge in [-0.3, -0.25) is 4.57 Å². The standard InChI is InChI=1S/C15H12Br2FN5O2/c1-25-13(24)9-3-7(5-16)2-8(4-9)6-23-12-10(20-14(23)17)11(19)21-15(18)22-12/h2-4H,5-6H2,1H3,(H2,19,21,22). The maximum Gasteiger partial charge on any atom is 0.337 e. The second-order valence-corrected chi connectivity index (χ2v) is 6.45. The molecular formula is C15H12Br2FN5O2. The summed E-state index contributed by atoms with van der Waals surface area (Å²) in [5, 5.41) is 0.570. The molecule has 3 aromatic rings. The van der Waals surface area contributed by atoms with Gasteiger partial charge in [0.25, 0.3) is 0 Å². The zero-order chi connectivity index (χ0) is 18.1. The van der Waals surface area contributed by atoms with Crippen molar-refractivity contribution >= 4 is 54.8 Å². The minimum atomic E-state index is -0.928. The van der Waals surface area contributed by atoms with Crippen LogP contribution in [0.3, 0.4) is 0 Å². The van der Waals surface area contributed by atoms with Crippen LogP contribution in [0.25, 0.3) is 11.2 Å². The number of esters is 1. The lowest BCUT2D eigenvalue weighted by atomic mass is 10.1. The molecule has 2 aromatic heterocycles. The predicted molar refractivity (Wildman–Crippen MR) is 96.9 cm³/mol. The number of aromatic nitrogens is 4. The number of carbonyl (C=O) groups excluding carboxylic acids is 1. The highest BCUT2D eigenvalue weighted by Gasteiger charge is 2.17. The van der Waals surface area contributed by atoms with Crippen LogP contribution >= 0.6 is 31.9 Å². The van der Waals surface area contributed by atoms with Crippen LogP contribution in [0.4, 0.5) is 10.2 Å². The van der Waals surface area contributed by atoms with E-state index < -0.39 is 12.0 Å². The first-order valence-corrected chi connectivity index (χ1v) is 8.96. The molecule has 0 unspecified atom stereocenters. The van der Waals surface area contributed by atoms with E-state index in [1.165, 1.54) is 7.11 Å². The number of nitrogen functional groups attached to an aromatic ring is 1. The fourth-order valence-corrected chi connectivity index (χ4v) is 3.25. The second-order valence-electron chi connectivity index (χ2n) is 5.18. The Hall–Kier alpha value is -2.07. The number of imidazole rings is 1. The van der Waals surface area contributed by atoms with Gasteiger partial charge in [0.2, 0.25) is 0 Å². The van der Waals surface area contributed by atoms with Crippen molar-refractivity contribution in [2.75, 3.05) is 12.8 Å². The summed E-state index contributed by atoms with van der Waals surface area (Å²) in [7, 11) is 1.32. The average Bonchev–Trinajstić information content (AvgIpc) is 2.90. The van der Waals surface area contributed by atoms with E-state index in [-0.39, 0.29) is 11.5 Å². The van der Waals surface area contributed by atoms with E-state index in [0.717, 1.165) is 11.1 Å². The van der Waals surface area contributed by atoms with Gasteiger partial charge in [0.1, 0.15) is 0 Å². The highest BCUT2D eigenvalue weighted by Crippen LogP contribution is 2.24. The predicted octanol–water partition coefficient (Wildman–Crippen LogP) is 3.04. The lowest BCUT2D eigenvalue weighted by Crippen LogP contribution is -2.07. The third kappa shape index (κ3) is 3.49. The Labute approximate surface area is 158 Å². The first-order valence-electron chi connectivity index (χ1n) is 7.04. The van der Waals surface area contributed by atoms with Crippen molar-refractivity contribution in [1.29, 1.82) is 0 Å². The highest BCUT2D eigenvalue weighted by atomic mass is 79.9. The molecule has 0 aliphatic heterocycles. The van der Waals surface area contributed by atoms with Crippen LogP contribution in [-0.2, 0) is 16.6 Å². The van der Waals surface area contributed by atoms with Gasteiger partial charge in [-0.05, 0) is 39.2 Å². The molecule has 0 aliphatic rings. The van der Waals surface area contributed by atoms with Gasteiger partial charge in [-0.1, -0.05) is 22.0 Å². The lowest BCUT2D eigenvalue weighted by Gasteiger charge is -2.10. The third-order valence-corrected chi connectivity index (χ3v) is 4.77. The smallest absolute Gasteiger partial charge is 0.337 e. The topological polar surface area (TPSA) is 95.9 Å². The largest absolute Gasteiger partial charge is 0.465 e. The SMILES string of the molecule is COC(=O)c1cc(CBr)cc(Cn2c(Br)nc3c(N)nc(F)nc32)c1. The van der Waals surface area contributed by atoms with Gasteiger partial charge in [-0.2, -0.15) is 14.4 Å². The van der Waals surface area contributed by atoms with Crippen LogP contribution in [0, 0.1) is 6.08 Å². The number of benzene rings is 1. The van der Waals surface area contributed by atoms with Crippen LogP contribution in [-0.4, -0.2) is 32.6 Å². The van der Waals surface area contributed by atoms with E-state index in [1.807, 2.05) is 6.07 Å². The van der Waals surface area contributed by atoms with Gasteiger partial charge in [-0.25, -0.2) is 9.78 Å². The first-order chi connectivity index (χ1) is 11.9. The molecule has 7 nitrogen and oxygen atoms in total. The molecule has 2 N–H and O–H groups in total. The summed E-state index contributed by atoms with van der Waals surface area (Å²) in [6.45, 7) is 0.303. The van der Waals surface area contributed by atoms with Crippen molar-refractivity contribution < 1.29 is 13.9 Å². The molecule has 0 saturated heterocycles. The van der Waals surface area contributed by atoms with Crippen LogP contribution in [0.15, 0.2) is 22.9 Å². The molecule has 0 atom stereocenters. The molecule has 0 radical (unpaired) electrons. The Morgan fingerprint density at radius 3 is 2.68 bits per heavy atom. The van der Waals surface area contributed by atoms with Crippen molar-refractivity contribution in [3.63, 3.8) is 0 Å². The minimum absolute atomic E-state index is 0.0357. The minimum Gasteiger partial charge on any atom is -0.465 e. The number of halogens is 3. The Balaban J connectivity index is 2.10. The molecule has 3 rings (SSSR count). The van der Waals surface area contributed by atoms with Crippen LogP contribution < -0.4 is 5.73 Å². The molecule has 130 valence electrons. The summed E-state index contributed by atoms with van der Waals surface area (Å²) in [4.78, 5) is 23.3. The van der Waals surface area contributed by atoms with Crippen molar-refractivity contribution in [3.8, 4) is 0 Å². The molecular weight excluding hydrogens is 461 g/mol. The number of methoxy groups -OCH3 is 1. The van der Waals surface area contributed by atoms with Crippen LogP contribution in [0.1, 0.15) is 21.5 Å². The maximum atomic E-state index is 13.5. The first kappa shape index (κ1) is 17.7. The second kappa shape index (κ2) is 7.04. The molecule has 0 saturated carbocycles. The molecule has 0 fully saturated rings. The van der Waals surface area contributed by atoms with Gasteiger partial charge < -0.3 is 10.5 Å². The zero-order valence-electron chi connectivity index (χ0n) is 13.0. The van der Waals surface area contributed by atoms with E-state index in [0.29, 0.717) is 27.7 Å². The normalized spacial score (nSPS) is 11.0. The molecule has 10 heteroatoms. The Bertz CT molecular complexity index is 976. The number of carbonyl (C=O) groups is 1. The molecule has 1 aromatic carbocycles. The van der Waals surface area contributed by atoms with E-state index in [9.17, 15) is 9.18 Å². The van der Waals surface area contributed by atoms with Gasteiger partial charge in [0.15, 0.2) is 21.7 Å². The van der Waals surface area contributed by atoms with E-state index in [1.54, 1.807) is 16.7 Å².